The lowest BCUT2D eigenvalue weighted by Crippen LogP contribution is -2.54. The average Bonchev–Trinajstić information content (AvgIpc) is 2.03. The molecule has 1 atom stereocenters. The number of hydrogen-bond acceptors (Lipinski definition) is 2. The van der Waals surface area contributed by atoms with Crippen LogP contribution in [0, 0.1) is 0 Å². The third kappa shape index (κ3) is 2.41. The number of carbonyl (C=O) groups is 2. The zero-order valence-corrected chi connectivity index (χ0v) is 7.47. The summed E-state index contributed by atoms with van der Waals surface area (Å²) < 4.78 is 0. The molecule has 0 radical (unpaired) electrons. The van der Waals surface area contributed by atoms with Crippen LogP contribution in [-0.2, 0) is 4.79 Å². The summed E-state index contributed by atoms with van der Waals surface area (Å²) in [5.41, 5.74) is -1.18. The highest BCUT2D eigenvalue weighted by Crippen LogP contribution is 2.08. The van der Waals surface area contributed by atoms with Gasteiger partial charge in [0, 0.05) is 7.05 Å². The van der Waals surface area contributed by atoms with Gasteiger partial charge in [0.25, 0.3) is 0 Å². The first kappa shape index (κ1) is 10.7. The Morgan fingerprint density at radius 2 is 2.00 bits per heavy atom. The summed E-state index contributed by atoms with van der Waals surface area (Å²) >= 11 is 0. The number of urea groups is 1. The van der Waals surface area contributed by atoms with Crippen LogP contribution in [0.5, 0.6) is 0 Å². The van der Waals surface area contributed by atoms with Gasteiger partial charge in [-0.2, -0.15) is 0 Å². The van der Waals surface area contributed by atoms with Gasteiger partial charge in [0.15, 0.2) is 0 Å². The van der Waals surface area contributed by atoms with Crippen molar-refractivity contribution in [1.29, 1.82) is 0 Å². The number of rotatable bonds is 3. The van der Waals surface area contributed by atoms with Crippen molar-refractivity contribution in [2.45, 2.75) is 25.8 Å². The highest BCUT2D eigenvalue weighted by atomic mass is 16.4. The van der Waals surface area contributed by atoms with Crippen molar-refractivity contribution >= 4 is 12.0 Å². The van der Waals surface area contributed by atoms with Gasteiger partial charge < -0.3 is 15.7 Å². The van der Waals surface area contributed by atoms with Crippen LogP contribution in [0.25, 0.3) is 0 Å². The molecule has 0 saturated heterocycles. The van der Waals surface area contributed by atoms with Crippen LogP contribution >= 0.6 is 0 Å². The maximum atomic E-state index is 10.8. The minimum Gasteiger partial charge on any atom is -0.480 e. The van der Waals surface area contributed by atoms with Crippen LogP contribution in [0.4, 0.5) is 4.79 Å². The second kappa shape index (κ2) is 3.94. The molecule has 3 N–H and O–H groups in total. The molecule has 0 aliphatic carbocycles. The van der Waals surface area contributed by atoms with Crippen molar-refractivity contribution in [2.75, 3.05) is 7.05 Å². The van der Waals surface area contributed by atoms with Gasteiger partial charge in [-0.3, -0.25) is 0 Å². The Kier molecular flexibility index (Phi) is 3.53. The van der Waals surface area contributed by atoms with Crippen LogP contribution in [0.3, 0.4) is 0 Å². The first-order valence-corrected chi connectivity index (χ1v) is 3.69. The van der Waals surface area contributed by atoms with E-state index in [1.54, 1.807) is 6.92 Å². The molecular weight excluding hydrogens is 160 g/mol. The molecule has 0 aliphatic rings. The average molecular weight is 174 g/mol. The molecule has 2 amide bonds. The summed E-state index contributed by atoms with van der Waals surface area (Å²) in [5.74, 6) is -1.03. The first-order chi connectivity index (χ1) is 5.46. The lowest BCUT2D eigenvalue weighted by Gasteiger charge is -2.23. The molecule has 0 aromatic carbocycles. The zero-order valence-electron chi connectivity index (χ0n) is 7.47. The number of amides is 2. The van der Waals surface area contributed by atoms with E-state index in [1.807, 2.05) is 0 Å². The van der Waals surface area contributed by atoms with E-state index in [-0.39, 0.29) is 0 Å². The van der Waals surface area contributed by atoms with Crippen LogP contribution < -0.4 is 10.6 Å². The molecular formula is C7H14N2O3. The van der Waals surface area contributed by atoms with E-state index >= 15 is 0 Å². The first-order valence-electron chi connectivity index (χ1n) is 3.69. The Bertz CT molecular complexity index is 193. The lowest BCUT2D eigenvalue weighted by atomic mass is 10.00. The molecule has 0 bridgehead atoms. The predicted molar refractivity (Wildman–Crippen MR) is 43.9 cm³/mol. The Morgan fingerprint density at radius 3 is 2.25 bits per heavy atom. The van der Waals surface area contributed by atoms with Crippen LogP contribution in [0.2, 0.25) is 0 Å². The maximum Gasteiger partial charge on any atom is 0.329 e. The summed E-state index contributed by atoms with van der Waals surface area (Å²) in [5, 5.41) is 13.4. The van der Waals surface area contributed by atoms with E-state index in [2.05, 4.69) is 10.6 Å². The summed E-state index contributed by atoms with van der Waals surface area (Å²) in [6, 6.07) is -0.484. The molecule has 1 unspecified atom stereocenters. The van der Waals surface area contributed by atoms with Crippen molar-refractivity contribution in [3.05, 3.63) is 0 Å². The van der Waals surface area contributed by atoms with Gasteiger partial charge in [0.05, 0.1) is 0 Å². The molecule has 0 rings (SSSR count). The van der Waals surface area contributed by atoms with Gasteiger partial charge in [-0.05, 0) is 13.3 Å². The maximum absolute atomic E-state index is 10.8. The van der Waals surface area contributed by atoms with E-state index in [1.165, 1.54) is 14.0 Å². The van der Waals surface area contributed by atoms with Gasteiger partial charge in [-0.1, -0.05) is 6.92 Å². The summed E-state index contributed by atoms with van der Waals surface area (Å²) in [6.45, 7) is 3.16. The van der Waals surface area contributed by atoms with Crippen molar-refractivity contribution < 1.29 is 14.7 Å². The van der Waals surface area contributed by atoms with Crippen molar-refractivity contribution in [2.24, 2.45) is 0 Å². The fourth-order valence-corrected chi connectivity index (χ4v) is 0.606. The third-order valence-corrected chi connectivity index (χ3v) is 1.80. The Morgan fingerprint density at radius 1 is 1.50 bits per heavy atom. The lowest BCUT2D eigenvalue weighted by molar-refractivity contribution is -0.143. The monoisotopic (exact) mass is 174 g/mol. The van der Waals surface area contributed by atoms with Crippen molar-refractivity contribution in [3.8, 4) is 0 Å². The van der Waals surface area contributed by atoms with E-state index in [0.29, 0.717) is 6.42 Å². The number of carbonyl (C=O) groups excluding carboxylic acids is 1. The molecule has 0 aliphatic heterocycles. The number of aliphatic carboxylic acids is 1. The summed E-state index contributed by atoms with van der Waals surface area (Å²) in [4.78, 5) is 21.5. The normalized spacial score (nSPS) is 14.6. The highest BCUT2D eigenvalue weighted by molar-refractivity contribution is 5.85. The molecule has 0 spiro atoms. The molecule has 5 nitrogen and oxygen atoms in total. The molecule has 12 heavy (non-hydrogen) atoms. The fraction of sp³-hybridized carbons (Fsp3) is 0.714. The largest absolute Gasteiger partial charge is 0.480 e. The fourth-order valence-electron chi connectivity index (χ4n) is 0.606. The van der Waals surface area contributed by atoms with Crippen molar-refractivity contribution in [3.63, 3.8) is 0 Å². The second-order valence-corrected chi connectivity index (χ2v) is 2.69. The smallest absolute Gasteiger partial charge is 0.329 e. The van der Waals surface area contributed by atoms with Crippen LogP contribution in [0.15, 0.2) is 0 Å². The number of carboxylic acids is 1. The van der Waals surface area contributed by atoms with Gasteiger partial charge >= 0.3 is 12.0 Å². The minimum absolute atomic E-state index is 0.343. The molecule has 0 aromatic rings. The molecule has 0 heterocycles. The van der Waals surface area contributed by atoms with Gasteiger partial charge in [-0.15, -0.1) is 0 Å². The zero-order chi connectivity index (χ0) is 9.78. The van der Waals surface area contributed by atoms with Crippen LogP contribution in [-0.4, -0.2) is 29.7 Å². The van der Waals surface area contributed by atoms with E-state index < -0.39 is 17.5 Å². The van der Waals surface area contributed by atoms with E-state index in [4.69, 9.17) is 5.11 Å². The molecule has 0 saturated carbocycles. The Hall–Kier alpha value is -1.26. The van der Waals surface area contributed by atoms with Gasteiger partial charge in [0.1, 0.15) is 5.54 Å². The Labute approximate surface area is 71.1 Å². The molecule has 70 valence electrons. The summed E-state index contributed by atoms with van der Waals surface area (Å²) in [6.07, 6.45) is 0.343. The highest BCUT2D eigenvalue weighted by Gasteiger charge is 2.32. The van der Waals surface area contributed by atoms with Crippen molar-refractivity contribution in [1.82, 2.24) is 10.6 Å². The van der Waals surface area contributed by atoms with Gasteiger partial charge in [-0.25, -0.2) is 9.59 Å². The second-order valence-electron chi connectivity index (χ2n) is 2.69. The topological polar surface area (TPSA) is 78.4 Å². The van der Waals surface area contributed by atoms with E-state index in [9.17, 15) is 9.59 Å². The predicted octanol–water partition coefficient (Wildman–Crippen LogP) is 0.169. The molecule has 0 aromatic heterocycles. The quantitative estimate of drug-likeness (QED) is 0.570. The number of carboxylic acid groups (broad SMARTS) is 1. The number of nitrogens with one attached hydrogen (secondary N) is 2. The molecule has 5 heteroatoms. The Balaban J connectivity index is 4.34. The van der Waals surface area contributed by atoms with Gasteiger partial charge in [0.2, 0.25) is 0 Å². The van der Waals surface area contributed by atoms with E-state index in [0.717, 1.165) is 0 Å². The third-order valence-electron chi connectivity index (χ3n) is 1.80. The number of hydrogen-bond donors (Lipinski definition) is 3. The standard InChI is InChI=1S/C7H14N2O3/c1-4-7(2,5(10)11)9-6(12)8-3/h4H2,1-3H3,(H,10,11)(H2,8,9,12). The van der Waals surface area contributed by atoms with Crippen LogP contribution in [0.1, 0.15) is 20.3 Å². The SMILES string of the molecule is CCC(C)(NC(=O)NC)C(=O)O. The minimum atomic E-state index is -1.18. The summed E-state index contributed by atoms with van der Waals surface area (Å²) in [7, 11) is 1.44. The molecule has 0 fully saturated rings.